The average Bonchev–Trinajstić information content (AvgIpc) is 3.70. The Kier molecular flexibility index (Phi) is 8.34. The number of nitrogens with zero attached hydrogens (tertiary/aromatic N) is 8. The molecule has 5 aromatic rings. The number of thiol groups is 1. The summed E-state index contributed by atoms with van der Waals surface area (Å²) in [5.74, 6) is -0.201. The monoisotopic (exact) mass is 621 g/mol. The summed E-state index contributed by atoms with van der Waals surface area (Å²) in [6.45, 7) is 2.12. The molecular weight excluding hydrogens is 593 g/mol. The van der Waals surface area contributed by atoms with Gasteiger partial charge < -0.3 is 10.6 Å². The van der Waals surface area contributed by atoms with Gasteiger partial charge in [0.25, 0.3) is 0 Å². The summed E-state index contributed by atoms with van der Waals surface area (Å²) in [4.78, 5) is 6.62. The maximum Gasteiger partial charge on any atom is 0.190 e. The number of benzene rings is 2. The highest BCUT2D eigenvalue weighted by atomic mass is 35.5. The van der Waals surface area contributed by atoms with Gasteiger partial charge >= 0.3 is 0 Å². The lowest BCUT2D eigenvalue weighted by Crippen LogP contribution is -2.38. The number of nitrogens with two attached hydrogens (primary N) is 1. The molecular formula is C29H29ClFN9O2S. The van der Waals surface area contributed by atoms with Crippen LogP contribution in [0.25, 0.3) is 28.2 Å². The van der Waals surface area contributed by atoms with Gasteiger partial charge in [0.1, 0.15) is 22.2 Å². The summed E-state index contributed by atoms with van der Waals surface area (Å²) in [6.07, 6.45) is 7.25. The number of pyridine rings is 1. The summed E-state index contributed by atoms with van der Waals surface area (Å²) >= 11 is 5.96. The van der Waals surface area contributed by atoms with Crippen molar-refractivity contribution >= 4 is 33.8 Å². The summed E-state index contributed by atoms with van der Waals surface area (Å²) in [5.41, 5.74) is 9.26. The van der Waals surface area contributed by atoms with Crippen LogP contribution in [0.2, 0.25) is 5.02 Å². The van der Waals surface area contributed by atoms with Crippen LogP contribution >= 0.6 is 11.6 Å². The zero-order valence-corrected chi connectivity index (χ0v) is 24.7. The molecule has 43 heavy (non-hydrogen) atoms. The van der Waals surface area contributed by atoms with Crippen molar-refractivity contribution in [2.24, 2.45) is 5.92 Å². The Morgan fingerprint density at radius 1 is 1.05 bits per heavy atom. The van der Waals surface area contributed by atoms with Gasteiger partial charge in [0.05, 0.1) is 22.0 Å². The standard InChI is InChI=1S/C29H29ClFN9O2S/c30-24-7-4-8-25(27(24)31)40-29(35-36-37-40)23-15-20(16-33-28(23)32)21-17-34-39(18-21)14-11-26(43(41)42)19-9-12-38(13-10-19)22-5-2-1-3-6-22/h1-8,15-19,26,43H,9-14H2,(H2,32,33). The molecule has 6 rings (SSSR count). The van der Waals surface area contributed by atoms with E-state index in [0.29, 0.717) is 24.1 Å². The molecule has 0 saturated carbocycles. The van der Waals surface area contributed by atoms with Gasteiger partial charge in [-0.2, -0.15) is 9.78 Å². The molecule has 2 aromatic carbocycles. The minimum absolute atomic E-state index is 0.0624. The Morgan fingerprint density at radius 2 is 1.84 bits per heavy atom. The molecule has 1 aliphatic heterocycles. The van der Waals surface area contributed by atoms with Gasteiger partial charge in [0, 0.05) is 48.8 Å². The first-order valence-corrected chi connectivity index (χ1v) is 15.5. The fraction of sp³-hybridized carbons (Fsp3) is 0.276. The van der Waals surface area contributed by atoms with Gasteiger partial charge in [-0.3, -0.25) is 4.68 Å². The first-order valence-electron chi connectivity index (χ1n) is 13.8. The number of aromatic nitrogens is 7. The van der Waals surface area contributed by atoms with Crippen molar-refractivity contribution in [3.05, 3.63) is 84.0 Å². The van der Waals surface area contributed by atoms with Gasteiger partial charge in [-0.25, -0.2) is 17.8 Å². The third kappa shape index (κ3) is 6.09. The zero-order chi connectivity index (χ0) is 29.9. The lowest BCUT2D eigenvalue weighted by molar-refractivity contribution is 0.361. The van der Waals surface area contributed by atoms with Crippen LogP contribution in [-0.4, -0.2) is 61.7 Å². The van der Waals surface area contributed by atoms with Crippen molar-refractivity contribution in [1.82, 2.24) is 35.0 Å². The number of anilines is 2. The maximum absolute atomic E-state index is 14.7. The SMILES string of the molecule is Nc1ncc(-c2cnn(CCC(C3CCN(c4ccccc4)CC3)[SH](=O)=O)c2)cc1-c1nnnn1-c1cccc(Cl)c1F. The molecule has 4 heterocycles. The molecule has 1 fully saturated rings. The topological polar surface area (TPSA) is 138 Å². The second-order valence-corrected chi connectivity index (χ2v) is 12.1. The minimum Gasteiger partial charge on any atom is -0.383 e. The van der Waals surface area contributed by atoms with Crippen LogP contribution in [0.3, 0.4) is 0 Å². The first kappa shape index (κ1) is 28.7. The number of halogens is 2. The Labute approximate surface area is 254 Å². The van der Waals surface area contributed by atoms with Crippen molar-refractivity contribution < 1.29 is 12.8 Å². The maximum atomic E-state index is 14.7. The summed E-state index contributed by atoms with van der Waals surface area (Å²) in [6, 6.07) is 16.5. The van der Waals surface area contributed by atoms with Crippen molar-refractivity contribution in [2.75, 3.05) is 23.7 Å². The molecule has 0 aliphatic carbocycles. The first-order chi connectivity index (χ1) is 20.9. The molecule has 1 atom stereocenters. The van der Waals surface area contributed by atoms with Crippen LogP contribution in [0.4, 0.5) is 15.9 Å². The van der Waals surface area contributed by atoms with E-state index in [1.54, 1.807) is 29.2 Å². The molecule has 0 bridgehead atoms. The van der Waals surface area contributed by atoms with Crippen LogP contribution in [0.1, 0.15) is 19.3 Å². The van der Waals surface area contributed by atoms with E-state index < -0.39 is 21.8 Å². The van der Waals surface area contributed by atoms with Crippen LogP contribution in [0, 0.1) is 11.7 Å². The molecule has 2 N–H and O–H groups in total. The third-order valence-electron chi connectivity index (χ3n) is 7.88. The normalized spacial score (nSPS) is 14.8. The van der Waals surface area contributed by atoms with E-state index in [9.17, 15) is 12.8 Å². The molecule has 3 aromatic heterocycles. The van der Waals surface area contributed by atoms with E-state index in [-0.39, 0.29) is 28.3 Å². The quantitative estimate of drug-likeness (QED) is 0.231. The second-order valence-electron chi connectivity index (χ2n) is 10.4. The molecule has 1 saturated heterocycles. The smallest absolute Gasteiger partial charge is 0.190 e. The van der Waals surface area contributed by atoms with Crippen molar-refractivity contribution in [3.8, 4) is 28.2 Å². The van der Waals surface area contributed by atoms with Crippen LogP contribution in [0.15, 0.2) is 73.2 Å². The summed E-state index contributed by atoms with van der Waals surface area (Å²) in [7, 11) is -2.58. The third-order valence-corrected chi connectivity index (χ3v) is 9.40. The van der Waals surface area contributed by atoms with Crippen LogP contribution in [-0.2, 0) is 17.2 Å². The van der Waals surface area contributed by atoms with E-state index in [4.69, 9.17) is 17.3 Å². The van der Waals surface area contributed by atoms with Gasteiger partial charge in [-0.15, -0.1) is 5.10 Å². The highest BCUT2D eigenvalue weighted by Gasteiger charge is 2.29. The van der Waals surface area contributed by atoms with E-state index in [1.165, 1.54) is 22.5 Å². The van der Waals surface area contributed by atoms with Crippen molar-refractivity contribution in [3.63, 3.8) is 0 Å². The molecule has 0 radical (unpaired) electrons. The van der Waals surface area contributed by atoms with Gasteiger partial charge in [0.2, 0.25) is 0 Å². The fourth-order valence-corrected chi connectivity index (χ4v) is 6.72. The zero-order valence-electron chi connectivity index (χ0n) is 23.0. The predicted octanol–water partition coefficient (Wildman–Crippen LogP) is 4.25. The Bertz CT molecular complexity index is 1790. The molecule has 222 valence electrons. The van der Waals surface area contributed by atoms with E-state index >= 15 is 0 Å². The van der Waals surface area contributed by atoms with Gasteiger partial charge in [0.15, 0.2) is 11.6 Å². The van der Waals surface area contributed by atoms with Crippen molar-refractivity contribution in [2.45, 2.75) is 31.1 Å². The number of rotatable bonds is 9. The van der Waals surface area contributed by atoms with E-state index in [2.05, 4.69) is 42.6 Å². The van der Waals surface area contributed by atoms with Crippen molar-refractivity contribution in [1.29, 1.82) is 0 Å². The summed E-state index contributed by atoms with van der Waals surface area (Å²) in [5, 5.41) is 15.7. The molecule has 0 spiro atoms. The molecule has 0 amide bonds. The number of para-hydroxylation sites is 1. The summed E-state index contributed by atoms with van der Waals surface area (Å²) < 4.78 is 42.3. The van der Waals surface area contributed by atoms with Gasteiger partial charge in [-0.1, -0.05) is 35.9 Å². The van der Waals surface area contributed by atoms with Crippen LogP contribution in [0.5, 0.6) is 0 Å². The second kappa shape index (κ2) is 12.5. The van der Waals surface area contributed by atoms with Gasteiger partial charge in [-0.05, 0) is 65.9 Å². The minimum atomic E-state index is -2.58. The number of hydrogen-bond donors (Lipinski definition) is 2. The molecule has 14 heteroatoms. The number of hydrogen-bond acceptors (Lipinski definition) is 9. The molecule has 11 nitrogen and oxygen atoms in total. The number of aryl methyl sites for hydroxylation is 1. The number of piperidine rings is 1. The lowest BCUT2D eigenvalue weighted by atomic mass is 9.91. The Hall–Kier alpha value is -4.36. The average molecular weight is 622 g/mol. The highest BCUT2D eigenvalue weighted by Crippen LogP contribution is 2.31. The number of tetrazole rings is 1. The van der Waals surface area contributed by atoms with E-state index in [1.807, 2.05) is 24.4 Å². The number of nitrogen functional groups attached to an aromatic ring is 1. The lowest BCUT2D eigenvalue weighted by Gasteiger charge is -2.35. The molecule has 1 aliphatic rings. The Balaban J connectivity index is 1.16. The van der Waals surface area contributed by atoms with E-state index in [0.717, 1.165) is 31.5 Å². The Morgan fingerprint density at radius 3 is 2.60 bits per heavy atom. The fourth-order valence-electron chi connectivity index (χ4n) is 5.58. The highest BCUT2D eigenvalue weighted by molar-refractivity contribution is 7.73. The molecule has 1 unspecified atom stereocenters. The van der Waals surface area contributed by atoms with Crippen LogP contribution < -0.4 is 10.6 Å². The predicted molar refractivity (Wildman–Crippen MR) is 163 cm³/mol. The largest absolute Gasteiger partial charge is 0.383 e.